The number of rotatable bonds is 6. The van der Waals surface area contributed by atoms with E-state index in [4.69, 9.17) is 4.74 Å². The lowest BCUT2D eigenvalue weighted by Crippen LogP contribution is -2.24. The van der Waals surface area contributed by atoms with Gasteiger partial charge in [-0.25, -0.2) is 4.79 Å². The second kappa shape index (κ2) is 6.13. The van der Waals surface area contributed by atoms with Gasteiger partial charge in [0.05, 0.1) is 6.54 Å². The molecule has 1 aliphatic carbocycles. The van der Waals surface area contributed by atoms with Crippen molar-refractivity contribution in [1.29, 1.82) is 0 Å². The maximum atomic E-state index is 11.9. The molecule has 0 unspecified atom stereocenters. The van der Waals surface area contributed by atoms with Gasteiger partial charge in [0, 0.05) is 30.4 Å². The third-order valence-corrected chi connectivity index (χ3v) is 3.56. The highest BCUT2D eigenvalue weighted by molar-refractivity contribution is 5.93. The van der Waals surface area contributed by atoms with Crippen LogP contribution in [0.2, 0.25) is 0 Å². The van der Waals surface area contributed by atoms with Crippen LogP contribution in [0.4, 0.5) is 16.2 Å². The molecule has 2 amide bonds. The van der Waals surface area contributed by atoms with Crippen LogP contribution in [-0.4, -0.2) is 37.7 Å². The lowest BCUT2D eigenvalue weighted by Gasteiger charge is -2.14. The molecule has 2 aliphatic rings. The number of cyclic esters (lactones) is 1. The van der Waals surface area contributed by atoms with Crippen LogP contribution in [0.1, 0.15) is 19.3 Å². The van der Waals surface area contributed by atoms with Crippen molar-refractivity contribution in [3.05, 3.63) is 24.3 Å². The van der Waals surface area contributed by atoms with Crippen molar-refractivity contribution >= 4 is 23.4 Å². The monoisotopic (exact) mass is 289 g/mol. The zero-order chi connectivity index (χ0) is 14.7. The van der Waals surface area contributed by atoms with Crippen molar-refractivity contribution in [3.63, 3.8) is 0 Å². The van der Waals surface area contributed by atoms with E-state index in [0.717, 1.165) is 5.69 Å². The van der Waals surface area contributed by atoms with Gasteiger partial charge in [-0.3, -0.25) is 9.69 Å². The zero-order valence-electron chi connectivity index (χ0n) is 11.8. The molecule has 0 spiro atoms. The van der Waals surface area contributed by atoms with E-state index >= 15 is 0 Å². The van der Waals surface area contributed by atoms with Crippen molar-refractivity contribution in [1.82, 2.24) is 5.32 Å². The van der Waals surface area contributed by atoms with Gasteiger partial charge in [-0.2, -0.15) is 0 Å². The first-order valence-corrected chi connectivity index (χ1v) is 7.30. The Morgan fingerprint density at radius 2 is 2.24 bits per heavy atom. The molecule has 2 N–H and O–H groups in total. The Hall–Kier alpha value is -2.08. The predicted molar refractivity (Wildman–Crippen MR) is 79.4 cm³/mol. The van der Waals surface area contributed by atoms with E-state index in [9.17, 15) is 9.59 Å². The minimum atomic E-state index is -0.341. The summed E-state index contributed by atoms with van der Waals surface area (Å²) in [4.78, 5) is 24.9. The maximum Gasteiger partial charge on any atom is 0.414 e. The molecule has 6 nitrogen and oxygen atoms in total. The van der Waals surface area contributed by atoms with Gasteiger partial charge in [-0.05, 0) is 31.0 Å². The molecule has 1 heterocycles. The average molecular weight is 289 g/mol. The number of hydrogen-bond donors (Lipinski definition) is 2. The number of ether oxygens (including phenoxy) is 1. The summed E-state index contributed by atoms with van der Waals surface area (Å²) in [5.74, 6) is -0.0238. The fourth-order valence-corrected chi connectivity index (χ4v) is 2.28. The standard InChI is InChI=1S/C15H19N3O3/c19-14(6-7-16-11-4-5-11)17-12-2-1-3-13(10-12)18-8-9-21-15(18)20/h1-3,10-11,16H,4-9H2,(H,17,19). The van der Waals surface area contributed by atoms with E-state index in [0.29, 0.717) is 37.8 Å². The van der Waals surface area contributed by atoms with Gasteiger partial charge in [0.1, 0.15) is 6.61 Å². The summed E-state index contributed by atoms with van der Waals surface area (Å²) in [5, 5.41) is 6.16. The second-order valence-corrected chi connectivity index (χ2v) is 5.34. The highest BCUT2D eigenvalue weighted by Crippen LogP contribution is 2.22. The summed E-state index contributed by atoms with van der Waals surface area (Å²) in [6.45, 7) is 1.65. The Kier molecular flexibility index (Phi) is 4.06. The number of carbonyl (C=O) groups is 2. The van der Waals surface area contributed by atoms with Gasteiger partial charge in [0.15, 0.2) is 0 Å². The third-order valence-electron chi connectivity index (χ3n) is 3.56. The third kappa shape index (κ3) is 3.72. The second-order valence-electron chi connectivity index (χ2n) is 5.34. The number of carbonyl (C=O) groups excluding carboxylic acids is 2. The minimum absolute atomic E-state index is 0.0238. The number of benzene rings is 1. The van der Waals surface area contributed by atoms with Gasteiger partial charge in [0.25, 0.3) is 0 Å². The van der Waals surface area contributed by atoms with Gasteiger partial charge in [-0.1, -0.05) is 6.07 Å². The predicted octanol–water partition coefficient (Wildman–Crippen LogP) is 1.72. The molecule has 1 aromatic carbocycles. The van der Waals surface area contributed by atoms with Crippen LogP contribution in [0.15, 0.2) is 24.3 Å². The molecule has 1 saturated carbocycles. The molecular formula is C15H19N3O3. The zero-order valence-corrected chi connectivity index (χ0v) is 11.8. The van der Waals surface area contributed by atoms with Crippen LogP contribution in [0, 0.1) is 0 Å². The Labute approximate surface area is 123 Å². The molecule has 0 atom stereocenters. The summed E-state index contributed by atoms with van der Waals surface area (Å²) >= 11 is 0. The fourth-order valence-electron chi connectivity index (χ4n) is 2.28. The average Bonchev–Trinajstić information content (AvgIpc) is 3.19. The number of hydrogen-bond acceptors (Lipinski definition) is 4. The van der Waals surface area contributed by atoms with Crippen molar-refractivity contribution in [2.45, 2.75) is 25.3 Å². The quantitative estimate of drug-likeness (QED) is 0.836. The molecule has 1 saturated heterocycles. The summed E-state index contributed by atoms with van der Waals surface area (Å²) in [6, 6.07) is 7.87. The van der Waals surface area contributed by atoms with E-state index in [-0.39, 0.29) is 12.0 Å². The van der Waals surface area contributed by atoms with Crippen LogP contribution in [0.5, 0.6) is 0 Å². The number of nitrogens with zero attached hydrogens (tertiary/aromatic N) is 1. The highest BCUT2D eigenvalue weighted by Gasteiger charge is 2.23. The molecule has 21 heavy (non-hydrogen) atoms. The molecule has 6 heteroatoms. The SMILES string of the molecule is O=C(CCNC1CC1)Nc1cccc(N2CCOC2=O)c1. The molecule has 0 aromatic heterocycles. The number of anilines is 2. The number of amides is 2. The first-order valence-electron chi connectivity index (χ1n) is 7.30. The molecule has 0 bridgehead atoms. The van der Waals surface area contributed by atoms with Crippen LogP contribution in [0.3, 0.4) is 0 Å². The van der Waals surface area contributed by atoms with Gasteiger partial charge >= 0.3 is 6.09 Å². The summed E-state index contributed by atoms with van der Waals surface area (Å²) in [7, 11) is 0. The first-order chi connectivity index (χ1) is 10.2. The Balaban J connectivity index is 1.54. The smallest absolute Gasteiger partial charge is 0.414 e. The molecule has 1 aromatic rings. The van der Waals surface area contributed by atoms with Crippen molar-refractivity contribution in [2.75, 3.05) is 29.9 Å². The highest BCUT2D eigenvalue weighted by atomic mass is 16.6. The number of nitrogens with one attached hydrogen (secondary N) is 2. The molecule has 3 rings (SSSR count). The molecule has 112 valence electrons. The van der Waals surface area contributed by atoms with Gasteiger partial charge < -0.3 is 15.4 Å². The van der Waals surface area contributed by atoms with E-state index in [2.05, 4.69) is 10.6 Å². The summed E-state index contributed by atoms with van der Waals surface area (Å²) in [5.41, 5.74) is 1.44. The molecule has 2 fully saturated rings. The topological polar surface area (TPSA) is 70.7 Å². The van der Waals surface area contributed by atoms with E-state index in [1.165, 1.54) is 12.8 Å². The molecule has 0 radical (unpaired) electrons. The van der Waals surface area contributed by atoms with Crippen LogP contribution >= 0.6 is 0 Å². The van der Waals surface area contributed by atoms with Crippen LogP contribution < -0.4 is 15.5 Å². The summed E-state index contributed by atoms with van der Waals surface area (Å²) in [6.07, 6.45) is 2.55. The van der Waals surface area contributed by atoms with Crippen molar-refractivity contribution in [3.8, 4) is 0 Å². The van der Waals surface area contributed by atoms with Gasteiger partial charge in [-0.15, -0.1) is 0 Å². The lowest BCUT2D eigenvalue weighted by molar-refractivity contribution is -0.116. The summed E-state index contributed by atoms with van der Waals surface area (Å²) < 4.78 is 4.91. The largest absolute Gasteiger partial charge is 0.447 e. The molecule has 1 aliphatic heterocycles. The maximum absolute atomic E-state index is 11.9. The normalized spacial score (nSPS) is 17.7. The van der Waals surface area contributed by atoms with E-state index < -0.39 is 0 Å². The van der Waals surface area contributed by atoms with Crippen molar-refractivity contribution < 1.29 is 14.3 Å². The lowest BCUT2D eigenvalue weighted by atomic mass is 10.2. The first kappa shape index (κ1) is 13.9. The van der Waals surface area contributed by atoms with Crippen LogP contribution in [-0.2, 0) is 9.53 Å². The van der Waals surface area contributed by atoms with E-state index in [1.807, 2.05) is 18.2 Å². The Morgan fingerprint density at radius 1 is 1.38 bits per heavy atom. The minimum Gasteiger partial charge on any atom is -0.447 e. The molecular weight excluding hydrogens is 270 g/mol. The Morgan fingerprint density at radius 3 is 2.95 bits per heavy atom. The fraction of sp³-hybridized carbons (Fsp3) is 0.467. The Bertz CT molecular complexity index is 543. The van der Waals surface area contributed by atoms with Crippen LogP contribution in [0.25, 0.3) is 0 Å². The van der Waals surface area contributed by atoms with Crippen molar-refractivity contribution in [2.24, 2.45) is 0 Å². The van der Waals surface area contributed by atoms with E-state index in [1.54, 1.807) is 11.0 Å². The van der Waals surface area contributed by atoms with Gasteiger partial charge in [0.2, 0.25) is 5.91 Å².